The van der Waals surface area contributed by atoms with Crippen molar-refractivity contribution in [2.45, 2.75) is 55.6 Å². The Morgan fingerprint density at radius 3 is 2.83 bits per heavy atom. The van der Waals surface area contributed by atoms with Crippen molar-refractivity contribution in [2.75, 3.05) is 4.72 Å². The number of aliphatic hydroxyl groups is 1. The Labute approximate surface area is 212 Å². The van der Waals surface area contributed by atoms with Gasteiger partial charge in [0, 0.05) is 29.2 Å². The number of rotatable bonds is 6. The summed E-state index contributed by atoms with van der Waals surface area (Å²) in [6.45, 7) is 1.91. The Hall–Kier alpha value is -3.33. The maximum absolute atomic E-state index is 15.1. The van der Waals surface area contributed by atoms with Gasteiger partial charge in [0.2, 0.25) is 5.13 Å². The summed E-state index contributed by atoms with van der Waals surface area (Å²) >= 11 is 0.987. The summed E-state index contributed by atoms with van der Waals surface area (Å²) in [5, 5.41) is 10.9. The third-order valence-corrected chi connectivity index (χ3v) is 8.09. The van der Waals surface area contributed by atoms with E-state index >= 15 is 4.39 Å². The molecule has 0 aliphatic heterocycles. The molecule has 11 heteroatoms. The van der Waals surface area contributed by atoms with Crippen LogP contribution in [0.1, 0.15) is 56.2 Å². The van der Waals surface area contributed by atoms with Crippen LogP contribution in [0, 0.1) is 17.7 Å². The molecule has 36 heavy (non-hydrogen) atoms. The summed E-state index contributed by atoms with van der Waals surface area (Å²) in [6, 6.07) is 9.35. The zero-order valence-corrected chi connectivity index (χ0v) is 21.0. The van der Waals surface area contributed by atoms with Crippen LogP contribution < -0.4 is 10.5 Å². The molecule has 2 atom stereocenters. The van der Waals surface area contributed by atoms with Crippen molar-refractivity contribution in [3.05, 3.63) is 70.2 Å². The maximum Gasteiger partial charge on any atom is 0.420 e. The van der Waals surface area contributed by atoms with E-state index in [1.54, 1.807) is 0 Å². The molecule has 0 bridgehead atoms. The highest BCUT2D eigenvalue weighted by molar-refractivity contribution is 7.86. The van der Waals surface area contributed by atoms with E-state index in [1.165, 1.54) is 17.0 Å². The Bertz CT molecular complexity index is 1550. The van der Waals surface area contributed by atoms with Gasteiger partial charge >= 0.3 is 5.76 Å². The predicted molar refractivity (Wildman–Crippen MR) is 136 cm³/mol. The van der Waals surface area contributed by atoms with Gasteiger partial charge in [-0.3, -0.25) is 9.29 Å². The van der Waals surface area contributed by atoms with Gasteiger partial charge in [-0.15, -0.1) is 0 Å². The monoisotopic (exact) mass is 526 g/mol. The zero-order chi connectivity index (χ0) is 25.3. The third kappa shape index (κ3) is 4.72. The molecule has 4 aromatic rings. The Morgan fingerprint density at radius 2 is 2.11 bits per heavy atom. The van der Waals surface area contributed by atoms with Crippen LogP contribution >= 0.6 is 11.5 Å². The molecule has 2 aromatic carbocycles. The van der Waals surface area contributed by atoms with Crippen LogP contribution in [0.25, 0.3) is 11.1 Å². The molecule has 2 N–H and O–H groups in total. The number of nitrogens with one attached hydrogen (secondary N) is 1. The lowest BCUT2D eigenvalue weighted by atomic mass is 9.96. The Kier molecular flexibility index (Phi) is 6.75. The summed E-state index contributed by atoms with van der Waals surface area (Å²) in [5.41, 5.74) is 0.825. The second kappa shape index (κ2) is 9.97. The lowest BCUT2D eigenvalue weighted by Crippen LogP contribution is -2.22. The van der Waals surface area contributed by atoms with Crippen LogP contribution in [-0.2, 0) is 11.0 Å². The fourth-order valence-electron chi connectivity index (χ4n) is 4.54. The average molecular weight is 527 g/mol. The van der Waals surface area contributed by atoms with Crippen molar-refractivity contribution in [1.29, 1.82) is 0 Å². The van der Waals surface area contributed by atoms with Crippen molar-refractivity contribution in [2.24, 2.45) is 0 Å². The van der Waals surface area contributed by atoms with Gasteiger partial charge in [-0.05, 0) is 43.7 Å². The van der Waals surface area contributed by atoms with Gasteiger partial charge in [-0.25, -0.2) is 18.4 Å². The van der Waals surface area contributed by atoms with Crippen LogP contribution in [0.15, 0.2) is 56.8 Å². The summed E-state index contributed by atoms with van der Waals surface area (Å²) in [5.74, 6) is 4.73. The van der Waals surface area contributed by atoms with E-state index < -0.39 is 34.2 Å². The lowest BCUT2D eigenvalue weighted by Gasteiger charge is -2.19. The number of anilines is 1. The molecule has 0 spiro atoms. The zero-order valence-electron chi connectivity index (χ0n) is 19.4. The van der Waals surface area contributed by atoms with Gasteiger partial charge in [-0.1, -0.05) is 37.0 Å². The molecule has 1 saturated carbocycles. The first-order valence-electron chi connectivity index (χ1n) is 11.5. The number of benzene rings is 2. The van der Waals surface area contributed by atoms with Crippen LogP contribution in [-0.4, -0.2) is 28.8 Å². The minimum atomic E-state index is -1.97. The highest BCUT2D eigenvalue weighted by Gasteiger charge is 2.29. The van der Waals surface area contributed by atoms with E-state index in [4.69, 9.17) is 4.42 Å². The standard InChI is InChI=1S/C25H23FN4O4S2/c1-2-19(17-8-4-3-7-16(17)9-12-25(32)10-5-6-11-25)30-20-13-18(26)22(14-21(20)34-24(30)31)36(33)29-23-27-15-28-35-23/h3-4,7-8,13-15,19,32H,2,5-6,10-11H2,1H3,(H,27,28,29). The molecule has 0 amide bonds. The molecular weight excluding hydrogens is 503 g/mol. The SMILES string of the molecule is CCC(c1ccccc1C#CC1(O)CCCC1)n1c(=O)oc2cc(S(=O)Nc3ncns3)c(F)cc21. The molecule has 5 rings (SSSR count). The van der Waals surface area contributed by atoms with E-state index in [-0.39, 0.29) is 21.1 Å². The predicted octanol–water partition coefficient (Wildman–Crippen LogP) is 4.38. The minimum Gasteiger partial charge on any atom is -0.408 e. The average Bonchev–Trinajstić information content (AvgIpc) is 3.60. The number of aromatic nitrogens is 3. The maximum atomic E-state index is 15.1. The first kappa shape index (κ1) is 24.4. The first-order valence-corrected chi connectivity index (χ1v) is 13.4. The van der Waals surface area contributed by atoms with Crippen LogP contribution in [0.2, 0.25) is 0 Å². The molecule has 2 aromatic heterocycles. The number of hydrogen-bond acceptors (Lipinski definition) is 7. The normalized spacial score (nSPS) is 16.4. The number of fused-ring (bicyclic) bond motifs is 1. The topological polar surface area (TPSA) is 110 Å². The largest absolute Gasteiger partial charge is 0.420 e. The summed E-state index contributed by atoms with van der Waals surface area (Å²) < 4.78 is 41.0. The van der Waals surface area contributed by atoms with Gasteiger partial charge in [0.1, 0.15) is 17.7 Å². The molecule has 2 heterocycles. The number of nitrogens with zero attached hydrogens (tertiary/aromatic N) is 3. The number of halogens is 1. The van der Waals surface area contributed by atoms with Crippen molar-refractivity contribution in [3.8, 4) is 11.8 Å². The number of hydrogen-bond donors (Lipinski definition) is 2. The highest BCUT2D eigenvalue weighted by atomic mass is 32.2. The van der Waals surface area contributed by atoms with Crippen molar-refractivity contribution >= 4 is 38.7 Å². The molecule has 0 saturated heterocycles. The molecule has 186 valence electrons. The quantitative estimate of drug-likeness (QED) is 0.361. The summed E-state index contributed by atoms with van der Waals surface area (Å²) in [6.07, 6.45) is 4.96. The third-order valence-electron chi connectivity index (χ3n) is 6.29. The molecule has 1 aliphatic rings. The highest BCUT2D eigenvalue weighted by Crippen LogP contribution is 2.31. The smallest absolute Gasteiger partial charge is 0.408 e. The second-order valence-electron chi connectivity index (χ2n) is 8.61. The van der Waals surface area contributed by atoms with Crippen LogP contribution in [0.3, 0.4) is 0 Å². The lowest BCUT2D eigenvalue weighted by molar-refractivity contribution is 0.110. The van der Waals surface area contributed by atoms with Gasteiger partial charge in [0.25, 0.3) is 0 Å². The fraction of sp³-hybridized carbons (Fsp3) is 0.320. The molecule has 0 radical (unpaired) electrons. The fourth-order valence-corrected chi connectivity index (χ4v) is 5.97. The van der Waals surface area contributed by atoms with E-state index in [0.717, 1.165) is 36.0 Å². The van der Waals surface area contributed by atoms with Crippen molar-refractivity contribution in [1.82, 2.24) is 13.9 Å². The summed E-state index contributed by atoms with van der Waals surface area (Å²) in [7, 11) is -1.97. The van der Waals surface area contributed by atoms with Crippen LogP contribution in [0.5, 0.6) is 0 Å². The van der Waals surface area contributed by atoms with Gasteiger partial charge < -0.3 is 9.52 Å². The van der Waals surface area contributed by atoms with E-state index in [1.807, 2.05) is 31.2 Å². The van der Waals surface area contributed by atoms with E-state index in [2.05, 4.69) is 25.9 Å². The number of oxazole rings is 1. The van der Waals surface area contributed by atoms with Gasteiger partial charge in [0.15, 0.2) is 16.6 Å². The van der Waals surface area contributed by atoms with Crippen molar-refractivity contribution < 1.29 is 18.1 Å². The van der Waals surface area contributed by atoms with E-state index in [9.17, 15) is 14.1 Å². The Balaban J connectivity index is 1.55. The minimum absolute atomic E-state index is 0.117. The molecule has 2 unspecified atom stereocenters. The summed E-state index contributed by atoms with van der Waals surface area (Å²) in [4.78, 5) is 16.7. The molecule has 8 nitrogen and oxygen atoms in total. The second-order valence-corrected chi connectivity index (χ2v) is 10.6. The first-order chi connectivity index (χ1) is 17.4. The van der Waals surface area contributed by atoms with Crippen LogP contribution in [0.4, 0.5) is 9.52 Å². The van der Waals surface area contributed by atoms with Crippen molar-refractivity contribution in [3.63, 3.8) is 0 Å². The van der Waals surface area contributed by atoms with Gasteiger partial charge in [0.05, 0.1) is 16.5 Å². The molecule has 1 aliphatic carbocycles. The molecule has 1 fully saturated rings. The van der Waals surface area contributed by atoms with E-state index in [0.29, 0.717) is 24.8 Å². The Morgan fingerprint density at radius 1 is 1.33 bits per heavy atom. The van der Waals surface area contributed by atoms with Gasteiger partial charge in [-0.2, -0.15) is 4.37 Å². The molecular formula is C25H23FN4O4S2.